The predicted octanol–water partition coefficient (Wildman–Crippen LogP) is 1.56. The minimum Gasteiger partial charge on any atom is -0.355 e. The van der Waals surface area contributed by atoms with Crippen LogP contribution in [-0.4, -0.2) is 25.0 Å². The lowest BCUT2D eigenvalue weighted by atomic mass is 10.0. The van der Waals surface area contributed by atoms with Crippen LogP contribution in [0.5, 0.6) is 0 Å². The number of nitrogens with one attached hydrogen (secondary N) is 1. The van der Waals surface area contributed by atoms with Crippen molar-refractivity contribution >= 4 is 11.6 Å². The summed E-state index contributed by atoms with van der Waals surface area (Å²) in [6.07, 6.45) is 0.653. The normalized spacial score (nSPS) is 21.2. The van der Waals surface area contributed by atoms with Gasteiger partial charge in [0, 0.05) is 19.1 Å². The molecule has 2 unspecified atom stereocenters. The van der Waals surface area contributed by atoms with Gasteiger partial charge in [-0.2, -0.15) is 0 Å². The molecule has 104 valence electrons. The summed E-state index contributed by atoms with van der Waals surface area (Å²) in [5, 5.41) is 2.81. The van der Waals surface area contributed by atoms with Crippen molar-refractivity contribution in [3.05, 3.63) is 29.6 Å². The summed E-state index contributed by atoms with van der Waals surface area (Å²) >= 11 is 0. The average molecular weight is 265 g/mol. The molecular formula is C14H20FN3O. The first kappa shape index (κ1) is 13.8. The van der Waals surface area contributed by atoms with Crippen LogP contribution in [0, 0.1) is 5.82 Å². The fraction of sp³-hybridized carbons (Fsp3) is 0.500. The van der Waals surface area contributed by atoms with E-state index in [1.165, 1.54) is 6.07 Å². The molecule has 5 heteroatoms. The average Bonchev–Trinajstić information content (AvgIpc) is 2.38. The van der Waals surface area contributed by atoms with Crippen molar-refractivity contribution in [1.82, 2.24) is 5.32 Å². The maximum atomic E-state index is 14.2. The number of carbonyl (C=O) groups is 1. The van der Waals surface area contributed by atoms with Crippen molar-refractivity contribution in [2.75, 3.05) is 18.0 Å². The van der Waals surface area contributed by atoms with Crippen LogP contribution in [-0.2, 0) is 4.79 Å². The number of hydrogen-bond donors (Lipinski definition) is 2. The van der Waals surface area contributed by atoms with Crippen LogP contribution in [0.25, 0.3) is 0 Å². The van der Waals surface area contributed by atoms with Crippen molar-refractivity contribution in [2.45, 2.75) is 32.4 Å². The Morgan fingerprint density at radius 1 is 1.58 bits per heavy atom. The van der Waals surface area contributed by atoms with Gasteiger partial charge < -0.3 is 16.0 Å². The molecule has 1 aromatic carbocycles. The zero-order valence-electron chi connectivity index (χ0n) is 11.3. The summed E-state index contributed by atoms with van der Waals surface area (Å²) in [6.45, 7) is 4.91. The lowest BCUT2D eigenvalue weighted by Gasteiger charge is -2.36. The molecule has 1 amide bonds. The number of halogens is 1. The van der Waals surface area contributed by atoms with Gasteiger partial charge in [0.2, 0.25) is 5.91 Å². The Kier molecular flexibility index (Phi) is 4.04. The third-order valence-electron chi connectivity index (χ3n) is 3.52. The van der Waals surface area contributed by atoms with E-state index in [9.17, 15) is 9.18 Å². The van der Waals surface area contributed by atoms with Gasteiger partial charge in [-0.1, -0.05) is 13.0 Å². The molecule has 2 rings (SSSR count). The Bertz CT molecular complexity index is 476. The van der Waals surface area contributed by atoms with Gasteiger partial charge >= 0.3 is 0 Å². The molecule has 0 spiro atoms. The van der Waals surface area contributed by atoms with Crippen molar-refractivity contribution in [2.24, 2.45) is 5.73 Å². The first-order valence-electron chi connectivity index (χ1n) is 6.64. The molecule has 0 radical (unpaired) electrons. The second kappa shape index (κ2) is 5.57. The zero-order valence-corrected chi connectivity index (χ0v) is 11.3. The largest absolute Gasteiger partial charge is 0.355 e. The Morgan fingerprint density at radius 2 is 2.32 bits per heavy atom. The highest BCUT2D eigenvalue weighted by Crippen LogP contribution is 2.26. The third kappa shape index (κ3) is 2.71. The van der Waals surface area contributed by atoms with Crippen LogP contribution in [0.2, 0.25) is 0 Å². The van der Waals surface area contributed by atoms with Crippen molar-refractivity contribution < 1.29 is 9.18 Å². The molecule has 1 fully saturated rings. The molecule has 3 N–H and O–H groups in total. The minimum absolute atomic E-state index is 0.0376. The molecule has 4 nitrogen and oxygen atoms in total. The standard InChI is InChI=1S/C14H20FN3O/c1-3-12-14(19)17-6-7-18(12)13-5-4-10(9(2)16)8-11(13)15/h4-5,8-9,12H,3,6-7,16H2,1-2H3,(H,17,19). The van der Waals surface area contributed by atoms with E-state index in [4.69, 9.17) is 5.73 Å². The summed E-state index contributed by atoms with van der Waals surface area (Å²) < 4.78 is 14.2. The van der Waals surface area contributed by atoms with Crippen LogP contribution in [0.3, 0.4) is 0 Å². The molecule has 19 heavy (non-hydrogen) atoms. The predicted molar refractivity (Wildman–Crippen MR) is 73.4 cm³/mol. The fourth-order valence-electron chi connectivity index (χ4n) is 2.45. The fourth-order valence-corrected chi connectivity index (χ4v) is 2.45. The molecule has 1 heterocycles. The van der Waals surface area contributed by atoms with E-state index in [0.29, 0.717) is 25.2 Å². The van der Waals surface area contributed by atoms with Crippen molar-refractivity contribution in [3.63, 3.8) is 0 Å². The van der Waals surface area contributed by atoms with Gasteiger partial charge in [-0.3, -0.25) is 4.79 Å². The number of nitrogens with two attached hydrogens (primary N) is 1. The zero-order chi connectivity index (χ0) is 14.0. The summed E-state index contributed by atoms with van der Waals surface area (Å²) in [4.78, 5) is 13.6. The molecule has 1 aliphatic heterocycles. The molecule has 0 aliphatic carbocycles. The SMILES string of the molecule is CCC1C(=O)NCCN1c1ccc(C(C)N)cc1F. The maximum Gasteiger partial charge on any atom is 0.242 e. The van der Waals surface area contributed by atoms with E-state index in [-0.39, 0.29) is 23.8 Å². The number of nitrogens with zero attached hydrogens (tertiary/aromatic N) is 1. The molecule has 0 bridgehead atoms. The van der Waals surface area contributed by atoms with Gasteiger partial charge in [-0.05, 0) is 31.0 Å². The summed E-state index contributed by atoms with van der Waals surface area (Å²) in [6, 6.07) is 4.50. The topological polar surface area (TPSA) is 58.4 Å². The number of hydrogen-bond acceptors (Lipinski definition) is 3. The highest BCUT2D eigenvalue weighted by atomic mass is 19.1. The van der Waals surface area contributed by atoms with Gasteiger partial charge in [-0.15, -0.1) is 0 Å². The van der Waals surface area contributed by atoms with Gasteiger partial charge in [0.25, 0.3) is 0 Å². The number of carbonyl (C=O) groups excluding carboxylic acids is 1. The second-order valence-electron chi connectivity index (χ2n) is 4.91. The van der Waals surface area contributed by atoms with Crippen molar-refractivity contribution in [1.29, 1.82) is 0 Å². The Morgan fingerprint density at radius 3 is 2.89 bits per heavy atom. The number of anilines is 1. The molecule has 0 aromatic heterocycles. The molecule has 1 aliphatic rings. The van der Waals surface area contributed by atoms with E-state index in [1.54, 1.807) is 6.07 Å². The van der Waals surface area contributed by atoms with E-state index in [2.05, 4.69) is 5.32 Å². The Hall–Kier alpha value is -1.62. The van der Waals surface area contributed by atoms with E-state index in [1.807, 2.05) is 24.8 Å². The summed E-state index contributed by atoms with van der Waals surface area (Å²) in [7, 11) is 0. The summed E-state index contributed by atoms with van der Waals surface area (Å²) in [5.74, 6) is -0.354. The first-order valence-corrected chi connectivity index (χ1v) is 6.64. The van der Waals surface area contributed by atoms with Crippen LogP contribution in [0.15, 0.2) is 18.2 Å². The first-order chi connectivity index (χ1) is 9.04. The smallest absolute Gasteiger partial charge is 0.242 e. The number of piperazine rings is 1. The Balaban J connectivity index is 2.32. The number of amides is 1. The number of rotatable bonds is 3. The molecular weight excluding hydrogens is 245 g/mol. The molecule has 1 saturated heterocycles. The monoisotopic (exact) mass is 265 g/mol. The molecule has 2 atom stereocenters. The van der Waals surface area contributed by atoms with Gasteiger partial charge in [0.05, 0.1) is 5.69 Å². The van der Waals surface area contributed by atoms with Gasteiger partial charge in [-0.25, -0.2) is 4.39 Å². The van der Waals surface area contributed by atoms with Crippen LogP contribution >= 0.6 is 0 Å². The Labute approximate surface area is 112 Å². The van der Waals surface area contributed by atoms with Gasteiger partial charge in [0.1, 0.15) is 11.9 Å². The van der Waals surface area contributed by atoms with Crippen LogP contribution in [0.4, 0.5) is 10.1 Å². The quantitative estimate of drug-likeness (QED) is 0.872. The van der Waals surface area contributed by atoms with Crippen LogP contribution < -0.4 is 16.0 Å². The van der Waals surface area contributed by atoms with E-state index >= 15 is 0 Å². The lowest BCUT2D eigenvalue weighted by Crippen LogP contribution is -2.55. The lowest BCUT2D eigenvalue weighted by molar-refractivity contribution is -0.123. The minimum atomic E-state index is -0.317. The van der Waals surface area contributed by atoms with E-state index < -0.39 is 0 Å². The molecule has 1 aromatic rings. The van der Waals surface area contributed by atoms with Crippen LogP contribution in [0.1, 0.15) is 31.9 Å². The van der Waals surface area contributed by atoms with E-state index in [0.717, 1.165) is 5.56 Å². The molecule has 0 saturated carbocycles. The highest BCUT2D eigenvalue weighted by molar-refractivity contribution is 5.86. The number of benzene rings is 1. The maximum absolute atomic E-state index is 14.2. The summed E-state index contributed by atoms with van der Waals surface area (Å²) in [5.41, 5.74) is 6.98. The second-order valence-corrected chi connectivity index (χ2v) is 4.91. The van der Waals surface area contributed by atoms with Crippen molar-refractivity contribution in [3.8, 4) is 0 Å². The highest BCUT2D eigenvalue weighted by Gasteiger charge is 2.29. The van der Waals surface area contributed by atoms with Gasteiger partial charge in [0.15, 0.2) is 0 Å². The third-order valence-corrected chi connectivity index (χ3v) is 3.52.